The highest BCUT2D eigenvalue weighted by molar-refractivity contribution is 7.92. The number of halogens is 2. The van der Waals surface area contributed by atoms with Crippen molar-refractivity contribution < 1.29 is 27.4 Å². The molecule has 3 aromatic rings. The summed E-state index contributed by atoms with van der Waals surface area (Å²) in [4.78, 5) is 12.8. The van der Waals surface area contributed by atoms with Crippen LogP contribution in [0.15, 0.2) is 65.6 Å². The molecule has 0 unspecified atom stereocenters. The number of amides is 1. The summed E-state index contributed by atoms with van der Waals surface area (Å²) < 4.78 is 44.3. The van der Waals surface area contributed by atoms with Gasteiger partial charge < -0.3 is 19.5 Å². The number of anilines is 2. The Morgan fingerprint density at radius 1 is 0.914 bits per heavy atom. The summed E-state index contributed by atoms with van der Waals surface area (Å²) in [5.41, 5.74) is 0.602. The van der Waals surface area contributed by atoms with Crippen molar-refractivity contribution in [3.05, 3.63) is 70.7 Å². The normalized spacial score (nSPS) is 11.0. The predicted molar refractivity (Wildman–Crippen MR) is 137 cm³/mol. The molecule has 0 aliphatic rings. The van der Waals surface area contributed by atoms with Crippen molar-refractivity contribution in [3.63, 3.8) is 0 Å². The number of hydrogen-bond donors (Lipinski definition) is 1. The van der Waals surface area contributed by atoms with Gasteiger partial charge >= 0.3 is 0 Å². The van der Waals surface area contributed by atoms with Gasteiger partial charge in [-0.2, -0.15) is 0 Å². The molecule has 11 heteroatoms. The predicted octanol–water partition coefficient (Wildman–Crippen LogP) is 5.24. The lowest BCUT2D eigenvalue weighted by Gasteiger charge is -2.25. The molecular weight excluding hydrogens is 515 g/mol. The van der Waals surface area contributed by atoms with Crippen LogP contribution in [0.3, 0.4) is 0 Å². The zero-order valence-electron chi connectivity index (χ0n) is 19.2. The SMILES string of the molecule is CCOc1ccc(N(CC(=O)Nc2cc(Cl)cc(Cl)c2)S(=O)(=O)c2ccc(OC)c(OC)c2)cc1. The number of rotatable bonds is 10. The third kappa shape index (κ3) is 6.50. The summed E-state index contributed by atoms with van der Waals surface area (Å²) in [7, 11) is -1.34. The Morgan fingerprint density at radius 2 is 1.54 bits per heavy atom. The Morgan fingerprint density at radius 3 is 2.11 bits per heavy atom. The van der Waals surface area contributed by atoms with Crippen LogP contribution in [0.2, 0.25) is 10.0 Å². The van der Waals surface area contributed by atoms with Crippen LogP contribution in [0.25, 0.3) is 0 Å². The van der Waals surface area contributed by atoms with Gasteiger partial charge in [-0.15, -0.1) is 0 Å². The fourth-order valence-corrected chi connectivity index (χ4v) is 5.21. The largest absolute Gasteiger partial charge is 0.494 e. The maximum absolute atomic E-state index is 13.7. The molecule has 0 saturated carbocycles. The average molecular weight is 539 g/mol. The van der Waals surface area contributed by atoms with Crippen LogP contribution in [0, 0.1) is 0 Å². The quantitative estimate of drug-likeness (QED) is 0.379. The number of carbonyl (C=O) groups excluding carboxylic acids is 1. The molecule has 0 radical (unpaired) electrons. The van der Waals surface area contributed by atoms with Crippen molar-refractivity contribution in [1.82, 2.24) is 0 Å². The highest BCUT2D eigenvalue weighted by Gasteiger charge is 2.28. The van der Waals surface area contributed by atoms with Crippen molar-refractivity contribution in [1.29, 1.82) is 0 Å². The second-order valence-electron chi connectivity index (χ2n) is 7.16. The number of methoxy groups -OCH3 is 2. The van der Waals surface area contributed by atoms with Crippen molar-refractivity contribution in [2.75, 3.05) is 37.0 Å². The Balaban J connectivity index is 1.99. The average Bonchev–Trinajstić information content (AvgIpc) is 2.82. The van der Waals surface area contributed by atoms with Gasteiger partial charge in [-0.1, -0.05) is 23.2 Å². The van der Waals surface area contributed by atoms with E-state index in [1.165, 1.54) is 50.6 Å². The van der Waals surface area contributed by atoms with Crippen molar-refractivity contribution in [2.45, 2.75) is 11.8 Å². The van der Waals surface area contributed by atoms with Gasteiger partial charge in [0, 0.05) is 21.8 Å². The van der Waals surface area contributed by atoms with E-state index in [4.69, 9.17) is 37.4 Å². The van der Waals surface area contributed by atoms with Crippen LogP contribution in [0.1, 0.15) is 6.92 Å². The number of hydrogen-bond acceptors (Lipinski definition) is 6. The fraction of sp³-hybridized carbons (Fsp3) is 0.208. The first kappa shape index (κ1) is 26.5. The molecule has 35 heavy (non-hydrogen) atoms. The van der Waals surface area contributed by atoms with Crippen molar-refractivity contribution >= 4 is 50.5 Å². The Bertz CT molecular complexity index is 1280. The zero-order valence-corrected chi connectivity index (χ0v) is 21.6. The molecule has 0 atom stereocenters. The number of ether oxygens (including phenoxy) is 3. The number of sulfonamides is 1. The standard InChI is InChI=1S/C24H24Cl2N2O6S/c1-4-34-20-7-5-19(6-8-20)28(15-24(29)27-18-12-16(25)11-17(26)13-18)35(30,31)21-9-10-22(32-2)23(14-21)33-3/h5-14H,4,15H2,1-3H3,(H,27,29). The van der Waals surface area contributed by atoms with Gasteiger partial charge in [0.05, 0.1) is 31.4 Å². The molecular formula is C24H24Cl2N2O6S. The molecule has 1 amide bonds. The maximum Gasteiger partial charge on any atom is 0.264 e. The van der Waals surface area contributed by atoms with Crippen molar-refractivity contribution in [3.8, 4) is 17.2 Å². The summed E-state index contributed by atoms with van der Waals surface area (Å²) in [6.45, 7) is 1.78. The molecule has 0 heterocycles. The van der Waals surface area contributed by atoms with Crippen LogP contribution in [0.5, 0.6) is 17.2 Å². The van der Waals surface area contributed by atoms with E-state index in [0.717, 1.165) is 4.31 Å². The number of nitrogens with zero attached hydrogens (tertiary/aromatic N) is 1. The van der Waals surface area contributed by atoms with Crippen LogP contribution < -0.4 is 23.8 Å². The minimum atomic E-state index is -4.20. The van der Waals surface area contributed by atoms with Crippen molar-refractivity contribution in [2.24, 2.45) is 0 Å². The fourth-order valence-electron chi connectivity index (χ4n) is 3.25. The lowest BCUT2D eigenvalue weighted by atomic mass is 10.3. The maximum atomic E-state index is 13.7. The molecule has 0 aliphatic heterocycles. The number of nitrogens with one attached hydrogen (secondary N) is 1. The third-order valence-electron chi connectivity index (χ3n) is 4.81. The van der Waals surface area contributed by atoms with E-state index in [0.29, 0.717) is 33.8 Å². The number of carbonyl (C=O) groups is 1. The highest BCUT2D eigenvalue weighted by Crippen LogP contribution is 2.33. The Kier molecular flexibility index (Phi) is 8.71. The highest BCUT2D eigenvalue weighted by atomic mass is 35.5. The van der Waals surface area contributed by atoms with Crippen LogP contribution >= 0.6 is 23.2 Å². The Labute approximate surface area is 214 Å². The summed E-state index contributed by atoms with van der Waals surface area (Å²) >= 11 is 12.0. The smallest absolute Gasteiger partial charge is 0.264 e. The molecule has 1 N–H and O–H groups in total. The van der Waals surface area contributed by atoms with E-state index in [1.54, 1.807) is 24.3 Å². The molecule has 0 fully saturated rings. The minimum Gasteiger partial charge on any atom is -0.494 e. The second-order valence-corrected chi connectivity index (χ2v) is 9.90. The molecule has 3 aromatic carbocycles. The van der Waals surface area contributed by atoms with Gasteiger partial charge in [0.15, 0.2) is 11.5 Å². The zero-order chi connectivity index (χ0) is 25.6. The molecule has 0 spiro atoms. The molecule has 0 bridgehead atoms. The van der Waals surface area contributed by atoms with Crippen LogP contribution in [-0.4, -0.2) is 41.7 Å². The van der Waals surface area contributed by atoms with Gasteiger partial charge in [0.1, 0.15) is 12.3 Å². The van der Waals surface area contributed by atoms with Gasteiger partial charge in [0.2, 0.25) is 5.91 Å². The van der Waals surface area contributed by atoms with Gasteiger partial charge in [-0.25, -0.2) is 8.42 Å². The van der Waals surface area contributed by atoms with E-state index < -0.39 is 22.5 Å². The lowest BCUT2D eigenvalue weighted by Crippen LogP contribution is -2.38. The van der Waals surface area contributed by atoms with E-state index in [1.807, 2.05) is 6.92 Å². The minimum absolute atomic E-state index is 0.0809. The first-order chi connectivity index (χ1) is 16.7. The van der Waals surface area contributed by atoms with E-state index >= 15 is 0 Å². The number of benzene rings is 3. The first-order valence-electron chi connectivity index (χ1n) is 10.4. The second kappa shape index (κ2) is 11.5. The van der Waals surface area contributed by atoms with Gasteiger partial charge in [0.25, 0.3) is 10.0 Å². The third-order valence-corrected chi connectivity index (χ3v) is 7.02. The molecule has 0 saturated heterocycles. The summed E-state index contributed by atoms with van der Waals surface area (Å²) in [6, 6.07) is 15.1. The van der Waals surface area contributed by atoms with Crippen LogP contribution in [0.4, 0.5) is 11.4 Å². The molecule has 0 aliphatic carbocycles. The van der Waals surface area contributed by atoms with E-state index in [9.17, 15) is 13.2 Å². The molecule has 186 valence electrons. The molecule has 0 aromatic heterocycles. The topological polar surface area (TPSA) is 94.2 Å². The van der Waals surface area contributed by atoms with E-state index in [2.05, 4.69) is 5.32 Å². The van der Waals surface area contributed by atoms with Gasteiger partial charge in [-0.3, -0.25) is 9.10 Å². The molecule has 8 nitrogen and oxygen atoms in total. The summed E-state index contributed by atoms with van der Waals surface area (Å²) in [6.07, 6.45) is 0. The van der Waals surface area contributed by atoms with Crippen LogP contribution in [-0.2, 0) is 14.8 Å². The van der Waals surface area contributed by atoms with E-state index in [-0.39, 0.29) is 16.3 Å². The monoisotopic (exact) mass is 538 g/mol. The lowest BCUT2D eigenvalue weighted by molar-refractivity contribution is -0.114. The first-order valence-corrected chi connectivity index (χ1v) is 12.6. The summed E-state index contributed by atoms with van der Waals surface area (Å²) in [5.74, 6) is 0.576. The molecule has 3 rings (SSSR count). The van der Waals surface area contributed by atoms with Gasteiger partial charge in [-0.05, 0) is 61.5 Å². The Hall–Kier alpha value is -3.14. The summed E-state index contributed by atoms with van der Waals surface area (Å²) in [5, 5.41) is 3.29.